The molecule has 2 saturated carbocycles. The number of fused-ring (bicyclic) bond motifs is 1. The Balaban J connectivity index is 1.61. The average molecular weight is 284 g/mol. The number of carbonyl (C=O) groups is 1. The van der Waals surface area contributed by atoms with E-state index in [9.17, 15) is 4.79 Å². The van der Waals surface area contributed by atoms with Gasteiger partial charge in [-0.1, -0.05) is 30.5 Å². The zero-order valence-electron chi connectivity index (χ0n) is 13.1. The van der Waals surface area contributed by atoms with E-state index in [0.717, 1.165) is 5.56 Å². The summed E-state index contributed by atoms with van der Waals surface area (Å²) < 4.78 is 0. The summed E-state index contributed by atoms with van der Waals surface area (Å²) in [5.41, 5.74) is 7.51. The van der Waals surface area contributed by atoms with E-state index in [1.165, 1.54) is 42.4 Å². The summed E-state index contributed by atoms with van der Waals surface area (Å²) in [5, 5.41) is 4.19. The third-order valence-corrected chi connectivity index (χ3v) is 5.07. The van der Waals surface area contributed by atoms with Crippen LogP contribution in [0.5, 0.6) is 0 Å². The second-order valence-electron chi connectivity index (χ2n) is 6.68. The SMILES string of the molecule is Cc1cc(C)c(/C=N/NC(=O)C2C3CCCCC32)c(C)c1. The Kier molecular flexibility index (Phi) is 3.83. The first kappa shape index (κ1) is 14.3. The van der Waals surface area contributed by atoms with Crippen molar-refractivity contribution >= 4 is 12.1 Å². The maximum atomic E-state index is 12.2. The molecule has 0 aromatic heterocycles. The molecule has 0 saturated heterocycles. The molecule has 3 heteroatoms. The van der Waals surface area contributed by atoms with Gasteiger partial charge < -0.3 is 0 Å². The van der Waals surface area contributed by atoms with Gasteiger partial charge in [-0.25, -0.2) is 5.43 Å². The predicted molar refractivity (Wildman–Crippen MR) is 85.3 cm³/mol. The van der Waals surface area contributed by atoms with Gasteiger partial charge in [0.1, 0.15) is 0 Å². The van der Waals surface area contributed by atoms with Crippen LogP contribution in [0.2, 0.25) is 0 Å². The standard InChI is InChI=1S/C18H24N2O/c1-11-8-12(2)16(13(3)9-11)10-19-20-18(21)17-14-6-4-5-7-15(14)17/h8-10,14-15,17H,4-7H2,1-3H3,(H,20,21)/b19-10+. The molecule has 2 fully saturated rings. The van der Waals surface area contributed by atoms with E-state index in [1.54, 1.807) is 6.21 Å². The van der Waals surface area contributed by atoms with Gasteiger partial charge in [-0.15, -0.1) is 0 Å². The molecular weight excluding hydrogens is 260 g/mol. The lowest BCUT2D eigenvalue weighted by Crippen LogP contribution is -2.21. The van der Waals surface area contributed by atoms with Gasteiger partial charge >= 0.3 is 0 Å². The van der Waals surface area contributed by atoms with Crippen LogP contribution in [0.25, 0.3) is 0 Å². The van der Waals surface area contributed by atoms with Crippen LogP contribution in [0.3, 0.4) is 0 Å². The number of nitrogens with one attached hydrogen (secondary N) is 1. The molecule has 2 atom stereocenters. The number of carbonyl (C=O) groups excluding carboxylic acids is 1. The smallest absolute Gasteiger partial charge is 0.243 e. The van der Waals surface area contributed by atoms with Crippen molar-refractivity contribution < 1.29 is 4.79 Å². The Labute approximate surface area is 126 Å². The molecule has 3 rings (SSSR count). The van der Waals surface area contributed by atoms with E-state index < -0.39 is 0 Å². The lowest BCUT2D eigenvalue weighted by atomic mass is 10.0. The molecular formula is C18H24N2O. The second-order valence-corrected chi connectivity index (χ2v) is 6.68. The summed E-state index contributed by atoms with van der Waals surface area (Å²) in [6, 6.07) is 4.29. The van der Waals surface area contributed by atoms with Crippen LogP contribution in [0.4, 0.5) is 0 Å². The summed E-state index contributed by atoms with van der Waals surface area (Å²) in [4.78, 5) is 12.2. The molecule has 1 amide bonds. The van der Waals surface area contributed by atoms with Crippen LogP contribution >= 0.6 is 0 Å². The third kappa shape index (κ3) is 2.87. The molecule has 1 aromatic rings. The van der Waals surface area contributed by atoms with Crippen molar-refractivity contribution in [1.29, 1.82) is 0 Å². The second kappa shape index (κ2) is 5.63. The van der Waals surface area contributed by atoms with Gasteiger partial charge in [0.25, 0.3) is 0 Å². The summed E-state index contributed by atoms with van der Waals surface area (Å²) in [6.45, 7) is 6.26. The fraction of sp³-hybridized carbons (Fsp3) is 0.556. The zero-order chi connectivity index (χ0) is 15.0. The monoisotopic (exact) mass is 284 g/mol. The molecule has 2 aliphatic carbocycles. The first-order valence-electron chi connectivity index (χ1n) is 7.98. The fourth-order valence-corrected chi connectivity index (χ4v) is 4.01. The first-order chi connectivity index (χ1) is 10.1. The van der Waals surface area contributed by atoms with Gasteiger partial charge in [-0.3, -0.25) is 4.79 Å². The van der Waals surface area contributed by atoms with Crippen molar-refractivity contribution in [3.8, 4) is 0 Å². The summed E-state index contributed by atoms with van der Waals surface area (Å²) in [6.07, 6.45) is 6.81. The van der Waals surface area contributed by atoms with E-state index in [4.69, 9.17) is 0 Å². The van der Waals surface area contributed by atoms with Gasteiger partial charge in [0.15, 0.2) is 0 Å². The van der Waals surface area contributed by atoms with Crippen LogP contribution in [0.1, 0.15) is 47.9 Å². The Bertz CT molecular complexity index is 556. The van der Waals surface area contributed by atoms with Gasteiger partial charge in [0, 0.05) is 11.5 Å². The Morgan fingerprint density at radius 1 is 1.14 bits per heavy atom. The minimum Gasteiger partial charge on any atom is -0.273 e. The van der Waals surface area contributed by atoms with Crippen molar-refractivity contribution in [1.82, 2.24) is 5.43 Å². The van der Waals surface area contributed by atoms with E-state index in [2.05, 4.69) is 43.4 Å². The van der Waals surface area contributed by atoms with Gasteiger partial charge in [0.2, 0.25) is 5.91 Å². The largest absolute Gasteiger partial charge is 0.273 e. The van der Waals surface area contributed by atoms with E-state index in [0.29, 0.717) is 11.8 Å². The van der Waals surface area contributed by atoms with E-state index in [1.807, 2.05) is 0 Å². The van der Waals surface area contributed by atoms with Gasteiger partial charge in [0.05, 0.1) is 6.21 Å². The van der Waals surface area contributed by atoms with Crippen LogP contribution in [-0.2, 0) is 4.79 Å². The highest BCUT2D eigenvalue weighted by Gasteiger charge is 2.54. The summed E-state index contributed by atoms with van der Waals surface area (Å²) in [5.74, 6) is 1.61. The Hall–Kier alpha value is -1.64. The molecule has 1 aromatic carbocycles. The van der Waals surface area contributed by atoms with Crippen LogP contribution < -0.4 is 5.43 Å². The number of benzene rings is 1. The summed E-state index contributed by atoms with van der Waals surface area (Å²) >= 11 is 0. The third-order valence-electron chi connectivity index (χ3n) is 5.07. The number of hydrogen-bond acceptors (Lipinski definition) is 2. The zero-order valence-corrected chi connectivity index (χ0v) is 13.1. The number of aryl methyl sites for hydroxylation is 3. The molecule has 1 N–H and O–H groups in total. The molecule has 3 nitrogen and oxygen atoms in total. The number of amides is 1. The average Bonchev–Trinajstić information content (AvgIpc) is 3.15. The normalized spacial score (nSPS) is 27.5. The van der Waals surface area contributed by atoms with Crippen molar-refractivity contribution in [3.63, 3.8) is 0 Å². The van der Waals surface area contributed by atoms with Crippen molar-refractivity contribution in [2.75, 3.05) is 0 Å². The topological polar surface area (TPSA) is 41.5 Å². The molecule has 0 aliphatic heterocycles. The first-order valence-corrected chi connectivity index (χ1v) is 7.98. The maximum Gasteiger partial charge on any atom is 0.243 e. The molecule has 112 valence electrons. The predicted octanol–water partition coefficient (Wildman–Crippen LogP) is 3.50. The number of hydrogen-bond donors (Lipinski definition) is 1. The van der Waals surface area contributed by atoms with Gasteiger partial charge in [-0.2, -0.15) is 5.10 Å². The molecule has 2 unspecified atom stereocenters. The van der Waals surface area contributed by atoms with Crippen LogP contribution in [0.15, 0.2) is 17.2 Å². The highest BCUT2D eigenvalue weighted by atomic mass is 16.2. The molecule has 0 radical (unpaired) electrons. The summed E-state index contributed by atoms with van der Waals surface area (Å²) in [7, 11) is 0. The minimum absolute atomic E-state index is 0.116. The maximum absolute atomic E-state index is 12.2. The van der Waals surface area contributed by atoms with E-state index >= 15 is 0 Å². The van der Waals surface area contributed by atoms with Crippen LogP contribution in [0, 0.1) is 38.5 Å². The lowest BCUT2D eigenvalue weighted by Gasteiger charge is -2.06. The fourth-order valence-electron chi connectivity index (χ4n) is 4.01. The lowest BCUT2D eigenvalue weighted by molar-refractivity contribution is -0.122. The van der Waals surface area contributed by atoms with Crippen LogP contribution in [-0.4, -0.2) is 12.1 Å². The quantitative estimate of drug-likeness (QED) is 0.670. The van der Waals surface area contributed by atoms with Crippen molar-refractivity contribution in [2.45, 2.75) is 46.5 Å². The highest BCUT2D eigenvalue weighted by Crippen LogP contribution is 2.55. The Morgan fingerprint density at radius 2 is 1.71 bits per heavy atom. The number of hydrazone groups is 1. The number of nitrogens with zero attached hydrogens (tertiary/aromatic N) is 1. The molecule has 0 heterocycles. The molecule has 2 aliphatic rings. The molecule has 0 bridgehead atoms. The molecule has 0 spiro atoms. The van der Waals surface area contributed by atoms with Crippen molar-refractivity contribution in [2.24, 2.45) is 22.9 Å². The molecule has 21 heavy (non-hydrogen) atoms. The Morgan fingerprint density at radius 3 is 2.29 bits per heavy atom. The minimum atomic E-state index is 0.116. The van der Waals surface area contributed by atoms with Crippen molar-refractivity contribution in [3.05, 3.63) is 34.4 Å². The highest BCUT2D eigenvalue weighted by molar-refractivity contribution is 5.87. The number of rotatable bonds is 3. The van der Waals surface area contributed by atoms with Gasteiger partial charge in [-0.05, 0) is 56.6 Å². The van der Waals surface area contributed by atoms with E-state index in [-0.39, 0.29) is 11.8 Å².